The zero-order valence-electron chi connectivity index (χ0n) is 16.3. The van der Waals surface area contributed by atoms with Gasteiger partial charge in [-0.05, 0) is 47.0 Å². The third kappa shape index (κ3) is 3.98. The smallest absolute Gasteiger partial charge is 0.309 e. The summed E-state index contributed by atoms with van der Waals surface area (Å²) in [7, 11) is 1.34. The van der Waals surface area contributed by atoms with Crippen LogP contribution in [0.15, 0.2) is 77.8 Å². The fraction of sp³-hybridized carbons (Fsp3) is 0.125. The fourth-order valence-corrected chi connectivity index (χ4v) is 3.52. The number of ether oxygens (including phenoxy) is 1. The number of para-hydroxylation sites is 1. The number of rotatable bonds is 5. The molecule has 4 rings (SSSR count). The van der Waals surface area contributed by atoms with E-state index in [1.54, 1.807) is 6.07 Å². The Hall–Kier alpha value is -3.80. The topological polar surface area (TPSA) is 67.8 Å². The summed E-state index contributed by atoms with van der Waals surface area (Å²) < 4.78 is 18.4. The Labute approximate surface area is 173 Å². The quantitative estimate of drug-likeness (QED) is 0.508. The van der Waals surface area contributed by atoms with Crippen molar-refractivity contribution in [2.45, 2.75) is 12.3 Å². The Morgan fingerprint density at radius 2 is 1.87 bits per heavy atom. The monoisotopic (exact) mass is 402 g/mol. The lowest BCUT2D eigenvalue weighted by molar-refractivity contribution is -0.139. The van der Waals surface area contributed by atoms with E-state index in [0.29, 0.717) is 28.2 Å². The maximum absolute atomic E-state index is 13.7. The summed E-state index contributed by atoms with van der Waals surface area (Å²) in [6, 6.07) is 20.8. The number of carbonyl (C=O) groups is 2. The van der Waals surface area contributed by atoms with Gasteiger partial charge < -0.3 is 10.1 Å². The minimum Gasteiger partial charge on any atom is -0.469 e. The van der Waals surface area contributed by atoms with Gasteiger partial charge in [0, 0.05) is 5.69 Å². The molecule has 1 amide bonds. The molecule has 0 spiro atoms. The van der Waals surface area contributed by atoms with Gasteiger partial charge in [-0.25, -0.2) is 4.39 Å². The number of halogens is 1. The van der Waals surface area contributed by atoms with Crippen LogP contribution in [0, 0.1) is 5.82 Å². The number of nitrogens with zero attached hydrogens (tertiary/aromatic N) is 1. The van der Waals surface area contributed by atoms with Crippen molar-refractivity contribution in [2.24, 2.45) is 4.99 Å². The number of methoxy groups -OCH3 is 1. The minimum absolute atomic E-state index is 0.113. The van der Waals surface area contributed by atoms with Crippen LogP contribution >= 0.6 is 0 Å². The van der Waals surface area contributed by atoms with Gasteiger partial charge in [-0.2, -0.15) is 0 Å². The summed E-state index contributed by atoms with van der Waals surface area (Å²) >= 11 is 0. The largest absolute Gasteiger partial charge is 0.469 e. The molecule has 1 N–H and O–H groups in total. The molecule has 1 aliphatic heterocycles. The summed E-state index contributed by atoms with van der Waals surface area (Å²) in [5.41, 5.74) is 3.77. The van der Waals surface area contributed by atoms with Crippen LogP contribution in [0.1, 0.15) is 22.6 Å². The summed E-state index contributed by atoms with van der Waals surface area (Å²) in [6.07, 6.45) is 0.113. The van der Waals surface area contributed by atoms with Gasteiger partial charge in [0.1, 0.15) is 11.7 Å². The van der Waals surface area contributed by atoms with Crippen molar-refractivity contribution in [1.29, 1.82) is 0 Å². The standard InChI is InChI=1S/C24H19FN2O3/c1-30-21(28)13-15-6-5-7-16(12-15)23(26-18-8-3-2-4-9-18)22-19-11-10-17(25)14-20(19)27-24(22)29/h2-12,14,22H,13H2,1H3,(H,27,29). The molecular formula is C24H19FN2O3. The lowest BCUT2D eigenvalue weighted by Gasteiger charge is -2.15. The van der Waals surface area contributed by atoms with Gasteiger partial charge in [0.2, 0.25) is 5.91 Å². The number of amides is 1. The Balaban J connectivity index is 1.83. The Bertz CT molecular complexity index is 1140. The molecule has 0 bridgehead atoms. The van der Waals surface area contributed by atoms with Crippen LogP contribution in [-0.4, -0.2) is 24.7 Å². The van der Waals surface area contributed by atoms with Crippen molar-refractivity contribution in [2.75, 3.05) is 12.4 Å². The van der Waals surface area contributed by atoms with Crippen LogP contribution in [0.5, 0.6) is 0 Å². The average Bonchev–Trinajstić information content (AvgIpc) is 3.07. The van der Waals surface area contributed by atoms with Gasteiger partial charge in [-0.1, -0.05) is 42.5 Å². The molecule has 3 aromatic carbocycles. The van der Waals surface area contributed by atoms with E-state index in [0.717, 1.165) is 5.56 Å². The predicted molar refractivity (Wildman–Crippen MR) is 113 cm³/mol. The Morgan fingerprint density at radius 3 is 2.63 bits per heavy atom. The maximum Gasteiger partial charge on any atom is 0.309 e. The second kappa shape index (κ2) is 8.29. The summed E-state index contributed by atoms with van der Waals surface area (Å²) in [5.74, 6) is -1.75. The molecule has 1 aliphatic rings. The number of aliphatic imine (C=N–C) groups is 1. The molecule has 150 valence electrons. The van der Waals surface area contributed by atoms with Crippen LogP contribution in [0.25, 0.3) is 0 Å². The van der Waals surface area contributed by atoms with Gasteiger partial charge in [0.05, 0.1) is 24.9 Å². The van der Waals surface area contributed by atoms with Gasteiger partial charge in [0.15, 0.2) is 0 Å². The Morgan fingerprint density at radius 1 is 1.07 bits per heavy atom. The maximum atomic E-state index is 13.7. The van der Waals surface area contributed by atoms with E-state index in [1.165, 1.54) is 19.2 Å². The summed E-state index contributed by atoms with van der Waals surface area (Å²) in [6.45, 7) is 0. The van der Waals surface area contributed by atoms with Crippen molar-refractivity contribution in [3.63, 3.8) is 0 Å². The van der Waals surface area contributed by atoms with Crippen molar-refractivity contribution in [3.05, 3.63) is 95.3 Å². The molecular weight excluding hydrogens is 383 g/mol. The number of carbonyl (C=O) groups excluding carboxylic acids is 2. The third-order valence-electron chi connectivity index (χ3n) is 4.92. The number of hydrogen-bond acceptors (Lipinski definition) is 4. The Kier molecular flexibility index (Phi) is 5.39. The fourth-order valence-electron chi connectivity index (χ4n) is 3.52. The SMILES string of the molecule is COC(=O)Cc1cccc(C(=Nc2ccccc2)C2C(=O)Nc3cc(F)ccc32)c1. The first-order valence-corrected chi connectivity index (χ1v) is 9.45. The molecule has 0 aromatic heterocycles. The molecule has 0 aliphatic carbocycles. The number of nitrogens with one attached hydrogen (secondary N) is 1. The predicted octanol–water partition coefficient (Wildman–Crippen LogP) is 4.40. The van der Waals surface area contributed by atoms with Crippen molar-refractivity contribution in [3.8, 4) is 0 Å². The van der Waals surface area contributed by atoms with Crippen LogP contribution in [0.2, 0.25) is 0 Å². The molecule has 1 heterocycles. The van der Waals surface area contributed by atoms with Crippen molar-refractivity contribution in [1.82, 2.24) is 0 Å². The zero-order valence-corrected chi connectivity index (χ0v) is 16.3. The third-order valence-corrected chi connectivity index (χ3v) is 4.92. The molecule has 30 heavy (non-hydrogen) atoms. The minimum atomic E-state index is -0.700. The second-order valence-corrected chi connectivity index (χ2v) is 6.94. The van der Waals surface area contributed by atoms with E-state index in [2.05, 4.69) is 5.32 Å². The van der Waals surface area contributed by atoms with Crippen LogP contribution < -0.4 is 5.32 Å². The highest BCUT2D eigenvalue weighted by atomic mass is 19.1. The van der Waals surface area contributed by atoms with Crippen LogP contribution in [0.4, 0.5) is 15.8 Å². The molecule has 0 fully saturated rings. The highest BCUT2D eigenvalue weighted by Crippen LogP contribution is 2.36. The van der Waals surface area contributed by atoms with E-state index in [9.17, 15) is 14.0 Å². The molecule has 1 unspecified atom stereocenters. The van der Waals surface area contributed by atoms with Crippen molar-refractivity contribution < 1.29 is 18.7 Å². The first-order chi connectivity index (χ1) is 14.5. The lowest BCUT2D eigenvalue weighted by atomic mass is 9.89. The van der Waals surface area contributed by atoms with Crippen LogP contribution in [-0.2, 0) is 20.7 Å². The van der Waals surface area contributed by atoms with E-state index < -0.39 is 11.7 Å². The molecule has 3 aromatic rings. The van der Waals surface area contributed by atoms with E-state index in [1.807, 2.05) is 54.6 Å². The number of esters is 1. The normalized spacial score (nSPS) is 15.5. The lowest BCUT2D eigenvalue weighted by Crippen LogP contribution is -2.22. The highest BCUT2D eigenvalue weighted by Gasteiger charge is 2.35. The first-order valence-electron chi connectivity index (χ1n) is 9.45. The van der Waals surface area contributed by atoms with Gasteiger partial charge in [0.25, 0.3) is 0 Å². The highest BCUT2D eigenvalue weighted by molar-refractivity contribution is 6.24. The zero-order chi connectivity index (χ0) is 21.1. The number of anilines is 1. The van der Waals surface area contributed by atoms with E-state index >= 15 is 0 Å². The van der Waals surface area contributed by atoms with Gasteiger partial charge >= 0.3 is 5.97 Å². The average molecular weight is 402 g/mol. The summed E-state index contributed by atoms with van der Waals surface area (Å²) in [5, 5.41) is 2.75. The van der Waals surface area contributed by atoms with Gasteiger partial charge in [-0.3, -0.25) is 14.6 Å². The van der Waals surface area contributed by atoms with E-state index in [4.69, 9.17) is 9.73 Å². The molecule has 0 saturated carbocycles. The van der Waals surface area contributed by atoms with Crippen LogP contribution in [0.3, 0.4) is 0 Å². The van der Waals surface area contributed by atoms with Gasteiger partial charge in [-0.15, -0.1) is 0 Å². The van der Waals surface area contributed by atoms with E-state index in [-0.39, 0.29) is 18.3 Å². The first kappa shape index (κ1) is 19.5. The number of hydrogen-bond donors (Lipinski definition) is 1. The second-order valence-electron chi connectivity index (χ2n) is 6.94. The summed E-state index contributed by atoms with van der Waals surface area (Å²) in [4.78, 5) is 29.3. The van der Waals surface area contributed by atoms with Crippen molar-refractivity contribution >= 4 is 29.0 Å². The number of benzene rings is 3. The molecule has 0 saturated heterocycles. The molecule has 6 heteroatoms. The molecule has 5 nitrogen and oxygen atoms in total. The molecule has 0 radical (unpaired) electrons. The number of fused-ring (bicyclic) bond motifs is 1. The molecule has 1 atom stereocenters.